The topological polar surface area (TPSA) is 62.4 Å². The van der Waals surface area contributed by atoms with Crippen molar-refractivity contribution in [2.75, 3.05) is 0 Å². The van der Waals surface area contributed by atoms with Gasteiger partial charge in [0, 0.05) is 47.3 Å². The Balaban J connectivity index is 1.04. The molecule has 3 N–H and O–H groups in total. The molecule has 0 aliphatic carbocycles. The lowest BCUT2D eigenvalue weighted by molar-refractivity contribution is 0.204. The molecule has 7 aromatic carbocycles. The molecule has 0 saturated carbocycles. The van der Waals surface area contributed by atoms with Gasteiger partial charge in [-0.1, -0.05) is 121 Å². The minimum Gasteiger partial charge on any atom is -0.456 e. The van der Waals surface area contributed by atoms with E-state index in [4.69, 9.17) is 8.83 Å². The standard InChI is InChI=1S/C45H31N3O2S/c1-2-11-26(12-3-1)43-46-44(33-18-10-21-38-40(33)32-14-4-6-20-36(32)49-38)48-45(47-43)34-19-9-16-30-35-25-27(23-24-37(35)50-41(30)34)28-15-8-17-31-29-13-5-7-22-39(29)51-42(28)31/h1-25,43-48H. The number of hydrogen-bond donors (Lipinski definition) is 3. The average molecular weight is 678 g/mol. The summed E-state index contributed by atoms with van der Waals surface area (Å²) in [5.74, 6) is 0. The van der Waals surface area contributed by atoms with Crippen LogP contribution in [0.4, 0.5) is 0 Å². The second-order valence-electron chi connectivity index (χ2n) is 13.3. The van der Waals surface area contributed by atoms with Gasteiger partial charge in [0.15, 0.2) is 0 Å². The highest BCUT2D eigenvalue weighted by molar-refractivity contribution is 7.26. The molecule has 1 aliphatic heterocycles. The van der Waals surface area contributed by atoms with Gasteiger partial charge >= 0.3 is 0 Å². The first-order valence-electron chi connectivity index (χ1n) is 17.4. The zero-order valence-electron chi connectivity index (χ0n) is 27.4. The van der Waals surface area contributed by atoms with Gasteiger partial charge in [-0.25, -0.2) is 0 Å². The van der Waals surface area contributed by atoms with Crippen LogP contribution in [0, 0.1) is 0 Å². The second kappa shape index (κ2) is 11.4. The number of rotatable bonds is 4. The van der Waals surface area contributed by atoms with Crippen LogP contribution in [0.25, 0.3) is 75.2 Å². The maximum Gasteiger partial charge on any atom is 0.141 e. The normalized spacial score (nSPS) is 18.2. The highest BCUT2D eigenvalue weighted by atomic mass is 32.1. The predicted molar refractivity (Wildman–Crippen MR) is 210 cm³/mol. The largest absolute Gasteiger partial charge is 0.456 e. The molecule has 1 aliphatic rings. The van der Waals surface area contributed by atoms with Crippen LogP contribution in [-0.2, 0) is 0 Å². The fraction of sp³-hybridized carbons (Fsp3) is 0.0667. The van der Waals surface area contributed by atoms with E-state index in [2.05, 4.69) is 155 Å². The molecule has 4 heterocycles. The molecule has 51 heavy (non-hydrogen) atoms. The Morgan fingerprint density at radius 2 is 1.12 bits per heavy atom. The molecule has 11 rings (SSSR count). The lowest BCUT2D eigenvalue weighted by Gasteiger charge is -2.39. The first-order chi connectivity index (χ1) is 25.3. The minimum atomic E-state index is -0.217. The molecule has 0 spiro atoms. The lowest BCUT2D eigenvalue weighted by Crippen LogP contribution is -2.54. The second-order valence-corrected chi connectivity index (χ2v) is 14.4. The van der Waals surface area contributed by atoms with Gasteiger partial charge in [-0.05, 0) is 52.6 Å². The van der Waals surface area contributed by atoms with Crippen molar-refractivity contribution in [3.8, 4) is 11.1 Å². The van der Waals surface area contributed by atoms with Crippen LogP contribution in [0.2, 0.25) is 0 Å². The van der Waals surface area contributed by atoms with Crippen LogP contribution >= 0.6 is 11.3 Å². The van der Waals surface area contributed by atoms with Gasteiger partial charge in [-0.15, -0.1) is 11.3 Å². The van der Waals surface area contributed by atoms with E-state index in [9.17, 15) is 0 Å². The molecule has 5 nitrogen and oxygen atoms in total. The van der Waals surface area contributed by atoms with Gasteiger partial charge in [0.1, 0.15) is 22.3 Å². The third-order valence-corrected chi connectivity index (χ3v) is 11.7. The lowest BCUT2D eigenvalue weighted by atomic mass is 9.99. The van der Waals surface area contributed by atoms with Crippen molar-refractivity contribution in [3.05, 3.63) is 168 Å². The molecular formula is C45H31N3O2S. The first kappa shape index (κ1) is 29.0. The molecule has 0 bridgehead atoms. The number of hydrogen-bond acceptors (Lipinski definition) is 6. The van der Waals surface area contributed by atoms with E-state index >= 15 is 0 Å². The Hall–Kier alpha value is -5.76. The third-order valence-electron chi connectivity index (χ3n) is 10.4. The smallest absolute Gasteiger partial charge is 0.141 e. The summed E-state index contributed by atoms with van der Waals surface area (Å²) in [4.78, 5) is 0. The maximum absolute atomic E-state index is 6.75. The van der Waals surface area contributed by atoms with Gasteiger partial charge in [-0.2, -0.15) is 0 Å². The summed E-state index contributed by atoms with van der Waals surface area (Å²) in [6.45, 7) is 0. The van der Waals surface area contributed by atoms with E-state index in [0.717, 1.165) is 60.6 Å². The summed E-state index contributed by atoms with van der Waals surface area (Å²) in [5.41, 5.74) is 9.34. The quantitative estimate of drug-likeness (QED) is 0.173. The molecule has 3 aromatic heterocycles. The molecule has 0 radical (unpaired) electrons. The van der Waals surface area contributed by atoms with Crippen LogP contribution in [-0.4, -0.2) is 0 Å². The van der Waals surface area contributed by atoms with Crippen molar-refractivity contribution in [2.24, 2.45) is 0 Å². The summed E-state index contributed by atoms with van der Waals surface area (Å²) in [6.07, 6.45) is -0.519. The van der Waals surface area contributed by atoms with Crippen molar-refractivity contribution in [2.45, 2.75) is 18.5 Å². The highest BCUT2D eigenvalue weighted by Crippen LogP contribution is 2.43. The Morgan fingerprint density at radius 3 is 2.04 bits per heavy atom. The number of benzene rings is 7. The number of fused-ring (bicyclic) bond motifs is 9. The average Bonchev–Trinajstić information content (AvgIpc) is 3.89. The minimum absolute atomic E-state index is 0.121. The predicted octanol–water partition coefficient (Wildman–Crippen LogP) is 11.7. The Bertz CT molecular complexity index is 2940. The third kappa shape index (κ3) is 4.58. The SMILES string of the molecule is c1ccc(C2NC(c3cccc4c3oc3ccc(-c5cccc6c5sc5ccccc56)cc34)NC(c3cccc4oc5ccccc5c34)N2)cc1. The fourth-order valence-electron chi connectivity index (χ4n) is 8.07. The van der Waals surface area contributed by atoms with E-state index in [1.165, 1.54) is 31.3 Å². The summed E-state index contributed by atoms with van der Waals surface area (Å²) >= 11 is 1.86. The van der Waals surface area contributed by atoms with Crippen LogP contribution in [0.1, 0.15) is 35.2 Å². The van der Waals surface area contributed by atoms with Gasteiger partial charge in [0.05, 0.1) is 18.5 Å². The van der Waals surface area contributed by atoms with Crippen LogP contribution in [0.5, 0.6) is 0 Å². The Morgan fingerprint density at radius 1 is 0.451 bits per heavy atom. The summed E-state index contributed by atoms with van der Waals surface area (Å²) < 4.78 is 15.7. The number of nitrogens with one attached hydrogen (secondary N) is 3. The summed E-state index contributed by atoms with van der Waals surface area (Å²) in [7, 11) is 0. The summed E-state index contributed by atoms with van der Waals surface area (Å²) in [5, 5.41) is 18.7. The van der Waals surface area contributed by atoms with Crippen molar-refractivity contribution in [1.82, 2.24) is 16.0 Å². The van der Waals surface area contributed by atoms with E-state index < -0.39 is 0 Å². The zero-order chi connectivity index (χ0) is 33.5. The molecule has 3 unspecified atom stereocenters. The van der Waals surface area contributed by atoms with Crippen molar-refractivity contribution in [1.29, 1.82) is 0 Å². The monoisotopic (exact) mass is 677 g/mol. The molecule has 6 heteroatoms. The van der Waals surface area contributed by atoms with E-state index in [0.29, 0.717) is 0 Å². The molecule has 1 saturated heterocycles. The highest BCUT2D eigenvalue weighted by Gasteiger charge is 2.33. The van der Waals surface area contributed by atoms with Gasteiger partial charge in [0.25, 0.3) is 0 Å². The van der Waals surface area contributed by atoms with Crippen LogP contribution < -0.4 is 16.0 Å². The molecule has 0 amide bonds. The van der Waals surface area contributed by atoms with Crippen molar-refractivity contribution in [3.63, 3.8) is 0 Å². The van der Waals surface area contributed by atoms with Crippen molar-refractivity contribution >= 4 is 75.4 Å². The number of thiophene rings is 1. The van der Waals surface area contributed by atoms with Crippen molar-refractivity contribution < 1.29 is 8.83 Å². The summed E-state index contributed by atoms with van der Waals surface area (Å²) in [6, 6.07) is 53.6. The van der Waals surface area contributed by atoms with E-state index in [1.807, 2.05) is 23.5 Å². The van der Waals surface area contributed by atoms with Crippen LogP contribution in [0.15, 0.2) is 160 Å². The van der Waals surface area contributed by atoms with Gasteiger partial charge in [0.2, 0.25) is 0 Å². The molecular weight excluding hydrogens is 647 g/mol. The van der Waals surface area contributed by atoms with Gasteiger partial charge < -0.3 is 8.83 Å². The molecule has 1 fully saturated rings. The van der Waals surface area contributed by atoms with Crippen LogP contribution in [0.3, 0.4) is 0 Å². The zero-order valence-corrected chi connectivity index (χ0v) is 28.2. The molecule has 10 aromatic rings. The fourth-order valence-corrected chi connectivity index (χ4v) is 9.31. The number of para-hydroxylation sites is 2. The molecule has 3 atom stereocenters. The Labute approximate surface area is 297 Å². The number of furan rings is 2. The maximum atomic E-state index is 6.75. The Kier molecular flexibility index (Phi) is 6.48. The van der Waals surface area contributed by atoms with Gasteiger partial charge in [-0.3, -0.25) is 16.0 Å². The van der Waals surface area contributed by atoms with E-state index in [1.54, 1.807) is 0 Å². The van der Waals surface area contributed by atoms with E-state index in [-0.39, 0.29) is 18.5 Å². The first-order valence-corrected chi connectivity index (χ1v) is 18.2. The molecule has 244 valence electrons.